The van der Waals surface area contributed by atoms with E-state index in [1.165, 1.54) is 26.0 Å². The standard InChI is InChI=1S/C24H18N2O7/c1-11(27)30-17-9-7-15-21(19(17)25)32-22-16(8-10-18(20(22)26)31-12(2)28)24(15)14-6-4-3-5-13(14)23(29)33-24/h3-10H,25-26H2,1-2H3. The molecule has 0 aromatic heterocycles. The number of anilines is 2. The van der Waals surface area contributed by atoms with Crippen molar-refractivity contribution in [2.24, 2.45) is 0 Å². The minimum atomic E-state index is -1.43. The second-order valence-corrected chi connectivity index (χ2v) is 7.61. The maximum absolute atomic E-state index is 12.9. The highest BCUT2D eigenvalue weighted by atomic mass is 16.6. The first-order chi connectivity index (χ1) is 15.7. The van der Waals surface area contributed by atoms with E-state index in [4.69, 9.17) is 30.4 Å². The van der Waals surface area contributed by atoms with Gasteiger partial charge in [0.2, 0.25) is 0 Å². The number of ether oxygens (including phenoxy) is 4. The van der Waals surface area contributed by atoms with Gasteiger partial charge in [-0.25, -0.2) is 4.79 Å². The highest BCUT2D eigenvalue weighted by Crippen LogP contribution is 2.60. The van der Waals surface area contributed by atoms with Crippen molar-refractivity contribution in [3.63, 3.8) is 0 Å². The fourth-order valence-electron chi connectivity index (χ4n) is 4.29. The number of hydrogen-bond acceptors (Lipinski definition) is 9. The topological polar surface area (TPSA) is 140 Å². The molecule has 5 rings (SSSR count). The molecule has 0 aliphatic carbocycles. The quantitative estimate of drug-likeness (QED) is 0.345. The summed E-state index contributed by atoms with van der Waals surface area (Å²) in [6.07, 6.45) is 0. The number of fused-ring (bicyclic) bond motifs is 6. The summed E-state index contributed by atoms with van der Waals surface area (Å²) >= 11 is 0. The van der Waals surface area contributed by atoms with Crippen LogP contribution in [0.1, 0.15) is 40.9 Å². The van der Waals surface area contributed by atoms with E-state index >= 15 is 0 Å². The Labute approximate surface area is 187 Å². The summed E-state index contributed by atoms with van der Waals surface area (Å²) in [6, 6.07) is 13.2. The number of benzene rings is 3. The van der Waals surface area contributed by atoms with Gasteiger partial charge >= 0.3 is 17.9 Å². The lowest BCUT2D eigenvalue weighted by atomic mass is 9.77. The molecule has 0 saturated heterocycles. The molecule has 0 radical (unpaired) electrons. The molecule has 2 aliphatic rings. The third kappa shape index (κ3) is 2.82. The molecule has 9 heteroatoms. The van der Waals surface area contributed by atoms with Crippen LogP contribution >= 0.6 is 0 Å². The lowest BCUT2D eigenvalue weighted by Crippen LogP contribution is -2.33. The molecule has 0 unspecified atom stereocenters. The predicted octanol–water partition coefficient (Wildman–Crippen LogP) is 3.27. The zero-order valence-electron chi connectivity index (χ0n) is 17.6. The van der Waals surface area contributed by atoms with Gasteiger partial charge in [0.25, 0.3) is 0 Å². The summed E-state index contributed by atoms with van der Waals surface area (Å²) in [5.41, 5.74) is 13.0. The van der Waals surface area contributed by atoms with Gasteiger partial charge in [-0.05, 0) is 30.3 Å². The number of carbonyl (C=O) groups is 3. The van der Waals surface area contributed by atoms with Crippen molar-refractivity contribution in [2.75, 3.05) is 11.5 Å². The number of hydrogen-bond donors (Lipinski definition) is 2. The molecule has 0 bridgehead atoms. The molecule has 33 heavy (non-hydrogen) atoms. The highest BCUT2D eigenvalue weighted by Gasteiger charge is 2.54. The SMILES string of the molecule is CC(=O)Oc1ccc2c(c1N)Oc1c(ccc(OC(C)=O)c1N)C21OC(=O)c2ccccc21. The Kier molecular flexibility index (Phi) is 4.32. The Morgan fingerprint density at radius 1 is 0.788 bits per heavy atom. The minimum absolute atomic E-state index is 0.0189. The van der Waals surface area contributed by atoms with Crippen molar-refractivity contribution < 1.29 is 33.3 Å². The van der Waals surface area contributed by atoms with Crippen LogP contribution in [0.2, 0.25) is 0 Å². The van der Waals surface area contributed by atoms with Crippen LogP contribution in [0.15, 0.2) is 48.5 Å². The van der Waals surface area contributed by atoms with Crippen LogP contribution in [-0.2, 0) is 19.9 Å². The molecule has 3 aromatic rings. The van der Waals surface area contributed by atoms with Gasteiger partial charge in [0.05, 0.1) is 16.7 Å². The Bertz CT molecular complexity index is 1310. The van der Waals surface area contributed by atoms with Gasteiger partial charge in [-0.2, -0.15) is 0 Å². The van der Waals surface area contributed by atoms with Crippen LogP contribution in [0.3, 0.4) is 0 Å². The number of rotatable bonds is 2. The Morgan fingerprint density at radius 3 is 1.82 bits per heavy atom. The Morgan fingerprint density at radius 2 is 1.30 bits per heavy atom. The van der Waals surface area contributed by atoms with Crippen LogP contribution < -0.4 is 25.7 Å². The maximum atomic E-state index is 12.9. The molecule has 4 N–H and O–H groups in total. The number of esters is 3. The van der Waals surface area contributed by atoms with Gasteiger partial charge < -0.3 is 30.4 Å². The average molecular weight is 446 g/mol. The molecule has 0 saturated carbocycles. The molecular formula is C24H18N2O7. The maximum Gasteiger partial charge on any atom is 0.340 e. The third-order valence-electron chi connectivity index (χ3n) is 5.55. The molecule has 0 fully saturated rings. The van der Waals surface area contributed by atoms with Crippen LogP contribution in [-0.4, -0.2) is 17.9 Å². The normalized spacial score (nSPS) is 14.4. The summed E-state index contributed by atoms with van der Waals surface area (Å²) < 4.78 is 22.5. The van der Waals surface area contributed by atoms with Crippen LogP contribution in [0, 0.1) is 0 Å². The predicted molar refractivity (Wildman–Crippen MR) is 116 cm³/mol. The first-order valence-electron chi connectivity index (χ1n) is 9.97. The van der Waals surface area contributed by atoms with Gasteiger partial charge in [-0.15, -0.1) is 0 Å². The average Bonchev–Trinajstić information content (AvgIpc) is 3.06. The van der Waals surface area contributed by atoms with Gasteiger partial charge in [0, 0.05) is 19.4 Å². The lowest BCUT2D eigenvalue weighted by Gasteiger charge is -2.37. The van der Waals surface area contributed by atoms with E-state index in [0.29, 0.717) is 22.3 Å². The van der Waals surface area contributed by atoms with Crippen molar-refractivity contribution in [1.29, 1.82) is 0 Å². The number of carbonyl (C=O) groups excluding carboxylic acids is 3. The summed E-state index contributed by atoms with van der Waals surface area (Å²) in [4.78, 5) is 36.0. The number of nitrogen functional groups attached to an aromatic ring is 2. The highest BCUT2D eigenvalue weighted by molar-refractivity contribution is 5.98. The zero-order chi connectivity index (χ0) is 23.5. The summed E-state index contributed by atoms with van der Waals surface area (Å²) in [5, 5.41) is 0. The largest absolute Gasteiger partial charge is 0.452 e. The van der Waals surface area contributed by atoms with Gasteiger partial charge in [-0.3, -0.25) is 9.59 Å². The van der Waals surface area contributed by atoms with E-state index in [1.807, 2.05) is 0 Å². The van der Waals surface area contributed by atoms with E-state index < -0.39 is 23.5 Å². The van der Waals surface area contributed by atoms with Crippen LogP contribution in [0.5, 0.6) is 23.0 Å². The number of nitrogens with two attached hydrogens (primary N) is 2. The smallest absolute Gasteiger partial charge is 0.340 e. The minimum Gasteiger partial charge on any atom is -0.452 e. The lowest BCUT2D eigenvalue weighted by molar-refractivity contribution is -0.132. The van der Waals surface area contributed by atoms with E-state index in [1.54, 1.807) is 36.4 Å². The second-order valence-electron chi connectivity index (χ2n) is 7.61. The van der Waals surface area contributed by atoms with Crippen molar-refractivity contribution in [3.05, 3.63) is 70.8 Å². The molecule has 2 aliphatic heterocycles. The van der Waals surface area contributed by atoms with E-state index in [-0.39, 0.29) is 34.4 Å². The van der Waals surface area contributed by atoms with Crippen LogP contribution in [0.25, 0.3) is 0 Å². The van der Waals surface area contributed by atoms with Crippen LogP contribution in [0.4, 0.5) is 11.4 Å². The van der Waals surface area contributed by atoms with Crippen molar-refractivity contribution in [3.8, 4) is 23.0 Å². The third-order valence-corrected chi connectivity index (χ3v) is 5.55. The zero-order valence-corrected chi connectivity index (χ0v) is 17.6. The Balaban J connectivity index is 1.84. The van der Waals surface area contributed by atoms with Gasteiger partial charge in [-0.1, -0.05) is 18.2 Å². The van der Waals surface area contributed by atoms with Gasteiger partial charge in [0.15, 0.2) is 28.6 Å². The Hall–Kier alpha value is -4.53. The van der Waals surface area contributed by atoms with E-state index in [2.05, 4.69) is 0 Å². The first kappa shape index (κ1) is 20.4. The molecule has 0 atom stereocenters. The second kappa shape index (κ2) is 6.99. The molecule has 1 spiro atoms. The fraction of sp³-hybridized carbons (Fsp3) is 0.125. The molecule has 166 valence electrons. The van der Waals surface area contributed by atoms with Gasteiger partial charge in [0.1, 0.15) is 11.4 Å². The summed E-state index contributed by atoms with van der Waals surface area (Å²) in [6.45, 7) is 2.49. The van der Waals surface area contributed by atoms with E-state index in [9.17, 15) is 14.4 Å². The monoisotopic (exact) mass is 446 g/mol. The van der Waals surface area contributed by atoms with Crippen molar-refractivity contribution >= 4 is 29.3 Å². The molecular weight excluding hydrogens is 428 g/mol. The summed E-state index contributed by atoms with van der Waals surface area (Å²) in [5.74, 6) is -1.30. The molecule has 2 heterocycles. The fourth-order valence-corrected chi connectivity index (χ4v) is 4.29. The first-order valence-corrected chi connectivity index (χ1v) is 9.97. The van der Waals surface area contributed by atoms with Crippen molar-refractivity contribution in [2.45, 2.75) is 19.4 Å². The molecule has 3 aromatic carbocycles. The summed E-state index contributed by atoms with van der Waals surface area (Å²) in [7, 11) is 0. The molecule has 9 nitrogen and oxygen atoms in total. The molecule has 0 amide bonds. The van der Waals surface area contributed by atoms with E-state index in [0.717, 1.165) is 0 Å². The van der Waals surface area contributed by atoms with Crippen molar-refractivity contribution in [1.82, 2.24) is 0 Å².